The number of aromatic nitrogens is 3. The number of aryl methyl sites for hydroxylation is 1. The van der Waals surface area contributed by atoms with Crippen LogP contribution in [0.15, 0.2) is 35.4 Å². The molecule has 1 saturated heterocycles. The minimum Gasteiger partial charge on any atom is -0.356 e. The standard InChI is InChI=1S/C22H26N6O3S/c1-3-23-20(30)15-8-6-10-27(11-15)22-26-19-18(32-22)21(31)28(13-24-19)12-17(29)25-16-9-5-4-7-14(16)2/h4-5,7,9,13,15H,3,6,8,10-12H2,1-2H3,(H,23,30)(H,25,29). The van der Waals surface area contributed by atoms with E-state index >= 15 is 0 Å². The number of thiazole rings is 1. The van der Waals surface area contributed by atoms with Gasteiger partial charge < -0.3 is 15.5 Å². The number of carbonyl (C=O) groups excluding carboxylic acids is 2. The summed E-state index contributed by atoms with van der Waals surface area (Å²) in [5, 5.41) is 6.40. The minimum absolute atomic E-state index is 0.0541. The van der Waals surface area contributed by atoms with Crippen LogP contribution >= 0.6 is 11.3 Å². The fourth-order valence-corrected chi connectivity index (χ4v) is 4.83. The summed E-state index contributed by atoms with van der Waals surface area (Å²) in [4.78, 5) is 48.5. The average molecular weight is 455 g/mol. The molecule has 2 N–H and O–H groups in total. The van der Waals surface area contributed by atoms with Crippen LogP contribution in [0.25, 0.3) is 10.3 Å². The molecule has 0 bridgehead atoms. The first-order chi connectivity index (χ1) is 15.5. The van der Waals surface area contributed by atoms with Crippen LogP contribution in [0.2, 0.25) is 0 Å². The summed E-state index contributed by atoms with van der Waals surface area (Å²) < 4.78 is 1.71. The normalized spacial score (nSPS) is 16.2. The van der Waals surface area contributed by atoms with E-state index in [2.05, 4.69) is 20.6 Å². The monoisotopic (exact) mass is 454 g/mol. The Balaban J connectivity index is 1.51. The number of fused-ring (bicyclic) bond motifs is 1. The number of hydrogen-bond donors (Lipinski definition) is 2. The summed E-state index contributed by atoms with van der Waals surface area (Å²) in [5.41, 5.74) is 1.73. The van der Waals surface area contributed by atoms with Crippen molar-refractivity contribution in [3.8, 4) is 0 Å². The van der Waals surface area contributed by atoms with Crippen LogP contribution in [-0.2, 0) is 16.1 Å². The summed E-state index contributed by atoms with van der Waals surface area (Å²) in [6, 6.07) is 7.47. The molecule has 3 aromatic rings. The maximum atomic E-state index is 13.0. The zero-order valence-corrected chi connectivity index (χ0v) is 18.9. The molecule has 9 nitrogen and oxygen atoms in total. The first-order valence-corrected chi connectivity index (χ1v) is 11.5. The van der Waals surface area contributed by atoms with Gasteiger partial charge in [-0.25, -0.2) is 4.98 Å². The Morgan fingerprint density at radius 1 is 1.28 bits per heavy atom. The van der Waals surface area contributed by atoms with Crippen LogP contribution < -0.4 is 21.1 Å². The smallest absolute Gasteiger partial charge is 0.273 e. The molecule has 2 aromatic heterocycles. The van der Waals surface area contributed by atoms with Gasteiger partial charge in [-0.2, -0.15) is 4.98 Å². The van der Waals surface area contributed by atoms with Gasteiger partial charge in [-0.15, -0.1) is 0 Å². The number of nitrogens with one attached hydrogen (secondary N) is 2. The van der Waals surface area contributed by atoms with Crippen LogP contribution in [0.5, 0.6) is 0 Å². The van der Waals surface area contributed by atoms with Crippen molar-refractivity contribution in [3.63, 3.8) is 0 Å². The maximum absolute atomic E-state index is 13.0. The summed E-state index contributed by atoms with van der Waals surface area (Å²) >= 11 is 1.26. The number of hydrogen-bond acceptors (Lipinski definition) is 7. The molecule has 1 atom stereocenters. The van der Waals surface area contributed by atoms with E-state index in [1.807, 2.05) is 43.0 Å². The molecule has 168 valence electrons. The fraction of sp³-hybridized carbons (Fsp3) is 0.409. The molecule has 0 spiro atoms. The van der Waals surface area contributed by atoms with Crippen LogP contribution in [0.3, 0.4) is 0 Å². The Morgan fingerprint density at radius 2 is 2.09 bits per heavy atom. The Bertz CT molecular complexity index is 1200. The molecule has 1 aliphatic heterocycles. The Labute approximate surface area is 189 Å². The summed E-state index contributed by atoms with van der Waals surface area (Å²) in [7, 11) is 0. The zero-order chi connectivity index (χ0) is 22.7. The third-order valence-corrected chi connectivity index (χ3v) is 6.61. The van der Waals surface area contributed by atoms with Crippen LogP contribution in [0.1, 0.15) is 25.3 Å². The molecule has 3 heterocycles. The molecule has 0 saturated carbocycles. The molecular weight excluding hydrogens is 428 g/mol. The molecule has 0 aliphatic carbocycles. The SMILES string of the molecule is CCNC(=O)C1CCCN(c2nc3ncn(CC(=O)Nc4ccccc4C)c(=O)c3s2)C1. The van der Waals surface area contributed by atoms with Gasteiger partial charge in [0.05, 0.1) is 5.92 Å². The van der Waals surface area contributed by atoms with Crippen molar-refractivity contribution in [3.05, 3.63) is 46.5 Å². The van der Waals surface area contributed by atoms with Crippen molar-refractivity contribution in [2.24, 2.45) is 5.92 Å². The van der Waals surface area contributed by atoms with E-state index in [1.165, 1.54) is 22.2 Å². The quantitative estimate of drug-likeness (QED) is 0.591. The highest BCUT2D eigenvalue weighted by atomic mass is 32.1. The number of para-hydroxylation sites is 1. The zero-order valence-electron chi connectivity index (χ0n) is 18.1. The lowest BCUT2D eigenvalue weighted by atomic mass is 9.97. The topological polar surface area (TPSA) is 109 Å². The predicted molar refractivity (Wildman–Crippen MR) is 125 cm³/mol. The highest BCUT2D eigenvalue weighted by Gasteiger charge is 2.27. The number of benzene rings is 1. The number of amides is 2. The van der Waals surface area contributed by atoms with Crippen molar-refractivity contribution in [2.75, 3.05) is 29.9 Å². The van der Waals surface area contributed by atoms with E-state index < -0.39 is 0 Å². The molecule has 4 rings (SSSR count). The van der Waals surface area contributed by atoms with Gasteiger partial charge in [0.25, 0.3) is 5.56 Å². The van der Waals surface area contributed by atoms with E-state index in [9.17, 15) is 14.4 Å². The van der Waals surface area contributed by atoms with Gasteiger partial charge in [0.1, 0.15) is 17.6 Å². The Hall–Kier alpha value is -3.27. The maximum Gasteiger partial charge on any atom is 0.273 e. The number of rotatable bonds is 6. The second-order valence-corrected chi connectivity index (χ2v) is 8.85. The fourth-order valence-electron chi connectivity index (χ4n) is 3.82. The third-order valence-electron chi connectivity index (χ3n) is 5.52. The van der Waals surface area contributed by atoms with E-state index in [1.54, 1.807) is 0 Å². The molecule has 2 amide bonds. The van der Waals surface area contributed by atoms with Gasteiger partial charge >= 0.3 is 0 Å². The molecule has 1 unspecified atom stereocenters. The highest BCUT2D eigenvalue weighted by Crippen LogP contribution is 2.29. The highest BCUT2D eigenvalue weighted by molar-refractivity contribution is 7.22. The van der Waals surface area contributed by atoms with Crippen LogP contribution in [0, 0.1) is 12.8 Å². The van der Waals surface area contributed by atoms with Gasteiger partial charge in [0.2, 0.25) is 11.8 Å². The number of anilines is 2. The molecule has 1 fully saturated rings. The first kappa shape index (κ1) is 21.9. The van der Waals surface area contributed by atoms with Gasteiger partial charge in [0, 0.05) is 25.3 Å². The van der Waals surface area contributed by atoms with Crippen LogP contribution in [0.4, 0.5) is 10.8 Å². The first-order valence-electron chi connectivity index (χ1n) is 10.7. The number of carbonyl (C=O) groups is 2. The van der Waals surface area contributed by atoms with E-state index in [-0.39, 0.29) is 29.8 Å². The number of piperidine rings is 1. The van der Waals surface area contributed by atoms with Gasteiger partial charge in [0.15, 0.2) is 10.8 Å². The van der Waals surface area contributed by atoms with Crippen LogP contribution in [-0.4, -0.2) is 46.0 Å². The number of nitrogens with zero attached hydrogens (tertiary/aromatic N) is 4. The summed E-state index contributed by atoms with van der Waals surface area (Å²) in [6.45, 7) is 5.64. The Morgan fingerprint density at radius 3 is 2.88 bits per heavy atom. The molecule has 1 aromatic carbocycles. The molecular formula is C22H26N6O3S. The van der Waals surface area contributed by atoms with Crippen molar-refractivity contribution < 1.29 is 9.59 Å². The van der Waals surface area contributed by atoms with Gasteiger partial charge in [-0.1, -0.05) is 29.5 Å². The van der Waals surface area contributed by atoms with Crippen molar-refractivity contribution >= 4 is 44.3 Å². The second-order valence-electron chi connectivity index (χ2n) is 7.87. The Kier molecular flexibility index (Phi) is 6.50. The summed E-state index contributed by atoms with van der Waals surface area (Å²) in [5.74, 6) is -0.336. The minimum atomic E-state index is -0.298. The lowest BCUT2D eigenvalue weighted by molar-refractivity contribution is -0.125. The molecule has 0 radical (unpaired) electrons. The van der Waals surface area contributed by atoms with Gasteiger partial charge in [-0.3, -0.25) is 19.0 Å². The van der Waals surface area contributed by atoms with Crippen molar-refractivity contribution in [1.29, 1.82) is 0 Å². The predicted octanol–water partition coefficient (Wildman–Crippen LogP) is 2.15. The third kappa shape index (κ3) is 4.64. The largest absolute Gasteiger partial charge is 0.356 e. The van der Waals surface area contributed by atoms with Gasteiger partial charge in [-0.05, 0) is 38.3 Å². The summed E-state index contributed by atoms with van der Waals surface area (Å²) in [6.07, 6.45) is 3.09. The molecule has 32 heavy (non-hydrogen) atoms. The lowest BCUT2D eigenvalue weighted by Crippen LogP contribution is -2.43. The van der Waals surface area contributed by atoms with E-state index in [0.717, 1.165) is 24.9 Å². The second kappa shape index (κ2) is 9.47. The lowest BCUT2D eigenvalue weighted by Gasteiger charge is -2.31. The average Bonchev–Trinajstić information content (AvgIpc) is 3.23. The van der Waals surface area contributed by atoms with Crippen molar-refractivity contribution in [2.45, 2.75) is 33.2 Å². The molecule has 10 heteroatoms. The van der Waals surface area contributed by atoms with Crippen molar-refractivity contribution in [1.82, 2.24) is 19.9 Å². The van der Waals surface area contributed by atoms with E-state index in [4.69, 9.17) is 0 Å². The van der Waals surface area contributed by atoms with E-state index in [0.29, 0.717) is 34.3 Å². The molecule has 1 aliphatic rings.